The lowest BCUT2D eigenvalue weighted by molar-refractivity contribution is 0.0782. The molecule has 0 bridgehead atoms. The fourth-order valence-electron chi connectivity index (χ4n) is 2.78. The Hall–Kier alpha value is -2.14. The van der Waals surface area contributed by atoms with Gasteiger partial charge in [0.1, 0.15) is 11.1 Å². The molecule has 3 rings (SSSR count). The second-order valence-electron chi connectivity index (χ2n) is 5.64. The Labute approximate surface area is 122 Å². The number of nitrogens with two attached hydrogens (primary N) is 1. The van der Waals surface area contributed by atoms with Gasteiger partial charge in [-0.2, -0.15) is 0 Å². The van der Waals surface area contributed by atoms with Gasteiger partial charge in [-0.15, -0.1) is 0 Å². The van der Waals surface area contributed by atoms with Crippen molar-refractivity contribution in [2.24, 2.45) is 11.7 Å². The number of benzene rings is 1. The van der Waals surface area contributed by atoms with Crippen LogP contribution in [0.1, 0.15) is 23.7 Å². The summed E-state index contributed by atoms with van der Waals surface area (Å²) in [5.74, 6) is 0.0269. The molecular weight excluding hydrogens is 268 g/mol. The van der Waals surface area contributed by atoms with Crippen molar-refractivity contribution in [3.8, 4) is 0 Å². The zero-order chi connectivity index (χ0) is 15.0. The van der Waals surface area contributed by atoms with E-state index < -0.39 is 5.63 Å². The van der Waals surface area contributed by atoms with E-state index in [2.05, 4.69) is 0 Å². The van der Waals surface area contributed by atoms with Gasteiger partial charge in [0.2, 0.25) is 0 Å². The van der Waals surface area contributed by atoms with E-state index in [1.165, 1.54) is 0 Å². The fourth-order valence-corrected chi connectivity index (χ4v) is 2.78. The SMILES string of the molecule is CC(N)C1CCN(C(=O)c2cc3ccccc3oc2=O)C1. The lowest BCUT2D eigenvalue weighted by atomic mass is 10.0. The minimum Gasteiger partial charge on any atom is -0.422 e. The maximum Gasteiger partial charge on any atom is 0.349 e. The van der Waals surface area contributed by atoms with E-state index in [4.69, 9.17) is 10.2 Å². The van der Waals surface area contributed by atoms with Crippen LogP contribution in [0.4, 0.5) is 0 Å². The number of likely N-dealkylation sites (tertiary alicyclic amines) is 1. The summed E-state index contributed by atoms with van der Waals surface area (Å²) in [7, 11) is 0. The first-order chi connectivity index (χ1) is 10.1. The van der Waals surface area contributed by atoms with Gasteiger partial charge in [0.25, 0.3) is 5.91 Å². The average Bonchev–Trinajstić information content (AvgIpc) is 2.96. The van der Waals surface area contributed by atoms with E-state index in [0.29, 0.717) is 24.6 Å². The van der Waals surface area contributed by atoms with E-state index in [-0.39, 0.29) is 17.5 Å². The Kier molecular flexibility index (Phi) is 3.51. The topological polar surface area (TPSA) is 76.5 Å². The summed E-state index contributed by atoms with van der Waals surface area (Å²) in [6.45, 7) is 3.18. The van der Waals surface area contributed by atoms with E-state index >= 15 is 0 Å². The van der Waals surface area contributed by atoms with Crippen LogP contribution in [-0.2, 0) is 0 Å². The summed E-state index contributed by atoms with van der Waals surface area (Å²) in [6, 6.07) is 8.84. The molecule has 1 amide bonds. The van der Waals surface area contributed by atoms with Crippen molar-refractivity contribution >= 4 is 16.9 Å². The van der Waals surface area contributed by atoms with Gasteiger partial charge < -0.3 is 15.1 Å². The summed E-state index contributed by atoms with van der Waals surface area (Å²) in [5, 5.41) is 0.753. The second kappa shape index (κ2) is 5.33. The Morgan fingerprint density at radius 1 is 1.43 bits per heavy atom. The molecule has 1 fully saturated rings. The molecule has 1 aromatic carbocycles. The number of fused-ring (bicyclic) bond motifs is 1. The van der Waals surface area contributed by atoms with Crippen LogP contribution >= 0.6 is 0 Å². The monoisotopic (exact) mass is 286 g/mol. The molecule has 21 heavy (non-hydrogen) atoms. The summed E-state index contributed by atoms with van der Waals surface area (Å²) in [4.78, 5) is 26.2. The molecule has 1 aliphatic heterocycles. The molecular formula is C16H18N2O3. The Balaban J connectivity index is 1.92. The van der Waals surface area contributed by atoms with Gasteiger partial charge in [0.15, 0.2) is 0 Å². The molecule has 2 aromatic rings. The quantitative estimate of drug-likeness (QED) is 0.851. The average molecular weight is 286 g/mol. The van der Waals surface area contributed by atoms with Crippen molar-refractivity contribution in [3.05, 3.63) is 46.3 Å². The molecule has 1 aromatic heterocycles. The predicted octanol–water partition coefficient (Wildman–Crippen LogP) is 1.60. The smallest absolute Gasteiger partial charge is 0.349 e. The first-order valence-electron chi connectivity index (χ1n) is 7.14. The molecule has 0 aliphatic carbocycles. The molecule has 5 heteroatoms. The molecule has 0 saturated carbocycles. The maximum absolute atomic E-state index is 12.5. The van der Waals surface area contributed by atoms with Crippen molar-refractivity contribution in [1.82, 2.24) is 4.90 Å². The van der Waals surface area contributed by atoms with Crippen LogP contribution in [0.3, 0.4) is 0 Å². The highest BCUT2D eigenvalue weighted by Gasteiger charge is 2.30. The van der Waals surface area contributed by atoms with Gasteiger partial charge in [0, 0.05) is 24.5 Å². The van der Waals surface area contributed by atoms with Gasteiger partial charge in [-0.1, -0.05) is 18.2 Å². The first kappa shape index (κ1) is 13.8. The Morgan fingerprint density at radius 3 is 2.90 bits per heavy atom. The second-order valence-corrected chi connectivity index (χ2v) is 5.64. The van der Waals surface area contributed by atoms with Gasteiger partial charge in [-0.25, -0.2) is 4.79 Å². The number of carbonyl (C=O) groups is 1. The normalized spacial score (nSPS) is 19.9. The molecule has 2 unspecified atom stereocenters. The van der Waals surface area contributed by atoms with E-state index in [1.54, 1.807) is 23.1 Å². The molecule has 0 radical (unpaired) electrons. The van der Waals surface area contributed by atoms with Crippen LogP contribution in [0.5, 0.6) is 0 Å². The van der Waals surface area contributed by atoms with Crippen LogP contribution in [0, 0.1) is 5.92 Å². The third kappa shape index (κ3) is 2.56. The first-order valence-corrected chi connectivity index (χ1v) is 7.14. The van der Waals surface area contributed by atoms with E-state index in [1.807, 2.05) is 19.1 Å². The van der Waals surface area contributed by atoms with Crippen LogP contribution in [0.25, 0.3) is 11.0 Å². The minimum atomic E-state index is -0.581. The fraction of sp³-hybridized carbons (Fsp3) is 0.375. The number of rotatable bonds is 2. The standard InChI is InChI=1S/C16H18N2O3/c1-10(17)12-6-7-18(9-12)15(19)13-8-11-4-2-3-5-14(11)21-16(13)20/h2-5,8,10,12H,6-7,9,17H2,1H3. The molecule has 5 nitrogen and oxygen atoms in total. The lowest BCUT2D eigenvalue weighted by Crippen LogP contribution is -2.34. The minimum absolute atomic E-state index is 0.0517. The van der Waals surface area contributed by atoms with Crippen LogP contribution < -0.4 is 11.4 Å². The molecule has 1 saturated heterocycles. The lowest BCUT2D eigenvalue weighted by Gasteiger charge is -2.17. The highest BCUT2D eigenvalue weighted by atomic mass is 16.4. The number of hydrogen-bond acceptors (Lipinski definition) is 4. The summed E-state index contributed by atoms with van der Waals surface area (Å²) in [6.07, 6.45) is 0.877. The zero-order valence-electron chi connectivity index (χ0n) is 11.9. The summed E-state index contributed by atoms with van der Waals surface area (Å²) in [5.41, 5.74) is 5.89. The van der Waals surface area contributed by atoms with Crippen molar-refractivity contribution in [3.63, 3.8) is 0 Å². The zero-order valence-corrected chi connectivity index (χ0v) is 11.9. The molecule has 1 aliphatic rings. The van der Waals surface area contributed by atoms with Gasteiger partial charge in [-0.05, 0) is 31.4 Å². The van der Waals surface area contributed by atoms with Gasteiger partial charge in [-0.3, -0.25) is 4.79 Å². The van der Waals surface area contributed by atoms with Gasteiger partial charge in [0.05, 0.1) is 0 Å². The Morgan fingerprint density at radius 2 is 2.19 bits per heavy atom. The number of amides is 1. The summed E-state index contributed by atoms with van der Waals surface area (Å²) < 4.78 is 5.22. The van der Waals surface area contributed by atoms with Crippen LogP contribution in [0.15, 0.2) is 39.5 Å². The third-order valence-electron chi connectivity index (χ3n) is 4.13. The van der Waals surface area contributed by atoms with Gasteiger partial charge >= 0.3 is 5.63 Å². The molecule has 2 atom stereocenters. The number of nitrogens with zero attached hydrogens (tertiary/aromatic N) is 1. The Bertz CT molecular complexity index is 736. The third-order valence-corrected chi connectivity index (χ3v) is 4.13. The predicted molar refractivity (Wildman–Crippen MR) is 80.1 cm³/mol. The van der Waals surface area contributed by atoms with Crippen molar-refractivity contribution in [2.45, 2.75) is 19.4 Å². The molecule has 0 spiro atoms. The van der Waals surface area contributed by atoms with Crippen molar-refractivity contribution < 1.29 is 9.21 Å². The van der Waals surface area contributed by atoms with Crippen LogP contribution in [-0.4, -0.2) is 29.9 Å². The van der Waals surface area contributed by atoms with E-state index in [0.717, 1.165) is 11.8 Å². The van der Waals surface area contributed by atoms with Crippen molar-refractivity contribution in [2.75, 3.05) is 13.1 Å². The molecule has 2 heterocycles. The molecule has 110 valence electrons. The van der Waals surface area contributed by atoms with Crippen LogP contribution in [0.2, 0.25) is 0 Å². The van der Waals surface area contributed by atoms with Crippen molar-refractivity contribution in [1.29, 1.82) is 0 Å². The number of hydrogen-bond donors (Lipinski definition) is 1. The highest BCUT2D eigenvalue weighted by Crippen LogP contribution is 2.21. The highest BCUT2D eigenvalue weighted by molar-refractivity contribution is 5.96. The number of carbonyl (C=O) groups excluding carboxylic acids is 1. The maximum atomic E-state index is 12.5. The molecule has 2 N–H and O–H groups in total. The number of para-hydroxylation sites is 1. The summed E-state index contributed by atoms with van der Waals surface area (Å²) >= 11 is 0. The van der Waals surface area contributed by atoms with E-state index in [9.17, 15) is 9.59 Å². The largest absolute Gasteiger partial charge is 0.422 e.